The van der Waals surface area contributed by atoms with Crippen molar-refractivity contribution in [2.24, 2.45) is 5.92 Å². The fourth-order valence-electron chi connectivity index (χ4n) is 5.07. The van der Waals surface area contributed by atoms with Crippen molar-refractivity contribution >= 4 is 21.7 Å². The number of rotatable bonds is 6. The number of aliphatic hydroxyl groups excluding tert-OH is 1. The number of sulfonamides is 1. The highest BCUT2D eigenvalue weighted by Crippen LogP contribution is 2.35. The topological polar surface area (TPSA) is 129 Å². The Kier molecular flexibility index (Phi) is 9.49. The third-order valence-corrected chi connectivity index (χ3v) is 9.68. The summed E-state index contributed by atoms with van der Waals surface area (Å²) in [6.45, 7) is 3.41. The summed E-state index contributed by atoms with van der Waals surface area (Å²) in [5.41, 5.74) is 0.0389. The number of likely N-dealkylation sites (N-methyl/N-ethyl adjacent to an activating group) is 1. The van der Waals surface area contributed by atoms with Crippen LogP contribution in [0.3, 0.4) is 0 Å². The minimum Gasteiger partial charge on any atom is -0.497 e. The number of nitrogens with one attached hydrogen (secondary N) is 1. The van der Waals surface area contributed by atoms with E-state index in [-0.39, 0.29) is 42.3 Å². The lowest BCUT2D eigenvalue weighted by molar-refractivity contribution is 0.0830. The van der Waals surface area contributed by atoms with E-state index in [1.807, 2.05) is 6.92 Å². The maximum Gasteiger partial charge on any atom is 0.321 e. The van der Waals surface area contributed by atoms with Gasteiger partial charge in [0, 0.05) is 42.9 Å². The van der Waals surface area contributed by atoms with Gasteiger partial charge in [-0.1, -0.05) is 24.8 Å². The van der Waals surface area contributed by atoms with Crippen LogP contribution in [0.15, 0.2) is 47.4 Å². The first-order valence-corrected chi connectivity index (χ1v) is 15.2. The number of carbonyl (C=O) groups is 1. The molecular weight excluding hydrogens is 546 g/mol. The Labute approximate surface area is 242 Å². The van der Waals surface area contributed by atoms with E-state index in [2.05, 4.69) is 17.2 Å². The molecule has 2 amide bonds. The van der Waals surface area contributed by atoms with Crippen molar-refractivity contribution in [1.29, 1.82) is 0 Å². The average Bonchev–Trinajstić information content (AvgIpc) is 3.39. The number of methoxy groups -OCH3 is 1. The van der Waals surface area contributed by atoms with Gasteiger partial charge in [0.25, 0.3) is 0 Å². The maximum atomic E-state index is 13.7. The number of nitrogens with zero attached hydrogens (tertiary/aromatic N) is 2. The molecule has 0 spiro atoms. The van der Waals surface area contributed by atoms with Crippen molar-refractivity contribution in [2.75, 3.05) is 39.2 Å². The molecule has 10 nitrogen and oxygen atoms in total. The Morgan fingerprint density at radius 1 is 1.27 bits per heavy atom. The maximum absolute atomic E-state index is 13.7. The van der Waals surface area contributed by atoms with Crippen LogP contribution in [0.1, 0.15) is 45.1 Å². The largest absolute Gasteiger partial charge is 0.497 e. The summed E-state index contributed by atoms with van der Waals surface area (Å²) in [4.78, 5) is 14.5. The van der Waals surface area contributed by atoms with Gasteiger partial charge in [-0.15, -0.1) is 0 Å². The van der Waals surface area contributed by atoms with Crippen molar-refractivity contribution < 1.29 is 32.9 Å². The van der Waals surface area contributed by atoms with E-state index in [0.717, 1.165) is 12.8 Å². The molecule has 4 rings (SSSR count). The normalized spacial score (nSPS) is 22.1. The van der Waals surface area contributed by atoms with Crippen LogP contribution in [-0.4, -0.2) is 85.5 Å². The second-order valence-corrected chi connectivity index (χ2v) is 12.8. The lowest BCUT2D eigenvalue weighted by Gasteiger charge is -2.37. The Bertz CT molecular complexity index is 1410. The van der Waals surface area contributed by atoms with Gasteiger partial charge >= 0.3 is 6.03 Å². The summed E-state index contributed by atoms with van der Waals surface area (Å²) in [7, 11) is -0.828. The molecule has 0 radical (unpaired) electrons. The highest BCUT2D eigenvalue weighted by molar-refractivity contribution is 7.89. The first-order valence-electron chi connectivity index (χ1n) is 13.8. The van der Waals surface area contributed by atoms with Crippen molar-refractivity contribution in [1.82, 2.24) is 9.21 Å². The SMILES string of the molecule is COc1cccc(NC(=O)N(C)C[C@H]2Oc3cc(C#CC4(O)CCCC4)ccc3S(=O)(=O)N([C@H](C)CO)C[C@H]2C)c1. The lowest BCUT2D eigenvalue weighted by atomic mass is 10.0. The number of urea groups is 1. The van der Waals surface area contributed by atoms with Crippen LogP contribution >= 0.6 is 0 Å². The van der Waals surface area contributed by atoms with Gasteiger partial charge in [0.2, 0.25) is 10.0 Å². The van der Waals surface area contributed by atoms with Crippen LogP contribution in [0.2, 0.25) is 0 Å². The Hall–Kier alpha value is -3.30. The number of ether oxygens (including phenoxy) is 2. The zero-order valence-electron chi connectivity index (χ0n) is 24.0. The minimum atomic E-state index is -4.02. The Morgan fingerprint density at radius 2 is 2.00 bits per heavy atom. The van der Waals surface area contributed by atoms with Gasteiger partial charge in [0.05, 0.1) is 20.3 Å². The van der Waals surface area contributed by atoms with E-state index >= 15 is 0 Å². The third-order valence-electron chi connectivity index (χ3n) is 7.66. The van der Waals surface area contributed by atoms with Gasteiger partial charge < -0.3 is 29.9 Å². The van der Waals surface area contributed by atoms with E-state index in [0.29, 0.717) is 29.8 Å². The monoisotopic (exact) mass is 585 g/mol. The quantitative estimate of drug-likeness (QED) is 0.444. The lowest BCUT2D eigenvalue weighted by Crippen LogP contribution is -2.50. The molecule has 2 aliphatic rings. The van der Waals surface area contributed by atoms with Crippen LogP contribution in [0.5, 0.6) is 11.5 Å². The summed E-state index contributed by atoms with van der Waals surface area (Å²) in [5.74, 6) is 6.33. The number of aliphatic hydroxyl groups is 2. The molecule has 0 aromatic heterocycles. The molecule has 222 valence electrons. The average molecular weight is 586 g/mol. The number of anilines is 1. The van der Waals surface area contributed by atoms with E-state index < -0.39 is 27.8 Å². The molecule has 11 heteroatoms. The van der Waals surface area contributed by atoms with Gasteiger partial charge in [-0.05, 0) is 62.9 Å². The molecule has 1 fully saturated rings. The fourth-order valence-corrected chi connectivity index (χ4v) is 6.89. The van der Waals surface area contributed by atoms with Gasteiger partial charge in [-0.2, -0.15) is 4.31 Å². The molecule has 0 bridgehead atoms. The first-order chi connectivity index (χ1) is 19.5. The highest BCUT2D eigenvalue weighted by Gasteiger charge is 2.38. The Morgan fingerprint density at radius 3 is 2.68 bits per heavy atom. The highest BCUT2D eigenvalue weighted by atomic mass is 32.2. The number of carbonyl (C=O) groups excluding carboxylic acids is 1. The molecule has 1 saturated carbocycles. The molecule has 0 saturated heterocycles. The second kappa shape index (κ2) is 12.7. The molecule has 2 aromatic rings. The molecular formula is C30H39N3O7S. The molecule has 3 atom stereocenters. The number of hydrogen-bond donors (Lipinski definition) is 3. The molecule has 1 aliphatic heterocycles. The number of amides is 2. The molecule has 0 unspecified atom stereocenters. The van der Waals surface area contributed by atoms with Crippen LogP contribution in [0, 0.1) is 17.8 Å². The second-order valence-electron chi connectivity index (χ2n) is 10.9. The molecule has 2 aromatic carbocycles. The summed E-state index contributed by atoms with van der Waals surface area (Å²) in [6, 6.07) is 10.6. The van der Waals surface area contributed by atoms with E-state index in [4.69, 9.17) is 9.47 Å². The smallest absolute Gasteiger partial charge is 0.321 e. The van der Waals surface area contributed by atoms with Crippen molar-refractivity contribution in [3.63, 3.8) is 0 Å². The summed E-state index contributed by atoms with van der Waals surface area (Å²) < 4.78 is 40.3. The molecule has 1 heterocycles. The van der Waals surface area contributed by atoms with E-state index in [1.54, 1.807) is 57.5 Å². The molecule has 3 N–H and O–H groups in total. The standard InChI is InChI=1S/C30H39N3O7S/c1-21-18-33(22(2)20-34)41(37,38)28-11-10-23(12-15-30(36)13-5-6-14-30)16-26(28)40-27(21)19-32(3)29(35)31-24-8-7-9-25(17-24)39-4/h7-11,16-17,21-22,27,34,36H,5-6,13-14,18-20H2,1-4H3,(H,31,35)/t21-,22-,27-/m1/s1. The van der Waals surface area contributed by atoms with E-state index in [9.17, 15) is 23.4 Å². The number of benzene rings is 2. The number of fused-ring (bicyclic) bond motifs is 1. The van der Waals surface area contributed by atoms with Crippen molar-refractivity contribution in [2.45, 2.75) is 62.2 Å². The van der Waals surface area contributed by atoms with Crippen LogP contribution in [-0.2, 0) is 10.0 Å². The molecule has 41 heavy (non-hydrogen) atoms. The van der Waals surface area contributed by atoms with Gasteiger partial charge in [-0.25, -0.2) is 13.2 Å². The fraction of sp³-hybridized carbons (Fsp3) is 0.500. The Balaban J connectivity index is 1.64. The number of hydrogen-bond acceptors (Lipinski definition) is 7. The predicted octanol–water partition coefficient (Wildman–Crippen LogP) is 3.28. The van der Waals surface area contributed by atoms with Gasteiger partial charge in [0.1, 0.15) is 28.1 Å². The summed E-state index contributed by atoms with van der Waals surface area (Å²) in [6.07, 6.45) is 2.45. The first kappa shape index (κ1) is 30.7. The summed E-state index contributed by atoms with van der Waals surface area (Å²) >= 11 is 0. The van der Waals surface area contributed by atoms with E-state index in [1.165, 1.54) is 15.3 Å². The predicted molar refractivity (Wildman–Crippen MR) is 155 cm³/mol. The van der Waals surface area contributed by atoms with Crippen molar-refractivity contribution in [3.8, 4) is 23.3 Å². The summed E-state index contributed by atoms with van der Waals surface area (Å²) in [5, 5.41) is 23.4. The van der Waals surface area contributed by atoms with Gasteiger partial charge in [-0.3, -0.25) is 0 Å². The third kappa shape index (κ3) is 7.13. The zero-order chi connectivity index (χ0) is 29.8. The minimum absolute atomic E-state index is 0.0386. The van der Waals surface area contributed by atoms with Gasteiger partial charge in [0.15, 0.2) is 0 Å². The zero-order valence-corrected chi connectivity index (χ0v) is 24.8. The van der Waals surface area contributed by atoms with Crippen LogP contribution < -0.4 is 14.8 Å². The van der Waals surface area contributed by atoms with Crippen molar-refractivity contribution in [3.05, 3.63) is 48.0 Å². The van der Waals surface area contributed by atoms with Crippen LogP contribution in [0.4, 0.5) is 10.5 Å². The van der Waals surface area contributed by atoms with Crippen LogP contribution in [0.25, 0.3) is 0 Å². The molecule has 1 aliphatic carbocycles.